The molecule has 0 heterocycles. The van der Waals surface area contributed by atoms with Crippen molar-refractivity contribution in [2.24, 2.45) is 29.6 Å². The van der Waals surface area contributed by atoms with E-state index < -0.39 is 18.4 Å². The molecule has 0 amide bonds. The van der Waals surface area contributed by atoms with E-state index >= 15 is 0 Å². The van der Waals surface area contributed by atoms with Crippen LogP contribution in [0.4, 0.5) is 8.78 Å². The number of ether oxygens (including phenoxy) is 1. The standard InChI is InChI=1S/C25H44F2O/c1-3-5-6-18-7-9-19(10-8-18)20-11-13-21(14-12-20)22-15-16-23(28-17-4-2)25(27)24(22)26/h18-25H,3-17H2,1-2H3. The molecule has 3 aliphatic carbocycles. The van der Waals surface area contributed by atoms with E-state index in [-0.39, 0.29) is 5.92 Å². The molecule has 3 saturated carbocycles. The summed E-state index contributed by atoms with van der Waals surface area (Å²) in [6.07, 6.45) is 13.8. The van der Waals surface area contributed by atoms with E-state index in [4.69, 9.17) is 4.74 Å². The summed E-state index contributed by atoms with van der Waals surface area (Å²) >= 11 is 0. The highest BCUT2D eigenvalue weighted by molar-refractivity contribution is 4.94. The second-order valence-corrected chi connectivity index (χ2v) is 10.1. The lowest BCUT2D eigenvalue weighted by Gasteiger charge is -2.43. The molecule has 4 atom stereocenters. The van der Waals surface area contributed by atoms with Crippen LogP contribution in [0.25, 0.3) is 0 Å². The van der Waals surface area contributed by atoms with E-state index in [1.807, 2.05) is 6.92 Å². The third-order valence-electron chi connectivity index (χ3n) is 8.33. The van der Waals surface area contributed by atoms with Crippen molar-refractivity contribution in [1.82, 2.24) is 0 Å². The summed E-state index contributed by atoms with van der Waals surface area (Å²) in [6, 6.07) is 0. The van der Waals surface area contributed by atoms with Gasteiger partial charge in [0.25, 0.3) is 0 Å². The van der Waals surface area contributed by atoms with Gasteiger partial charge in [0, 0.05) is 6.61 Å². The van der Waals surface area contributed by atoms with Crippen LogP contribution in [-0.2, 0) is 4.74 Å². The van der Waals surface area contributed by atoms with E-state index in [0.717, 1.165) is 43.4 Å². The Hall–Kier alpha value is -0.180. The van der Waals surface area contributed by atoms with Gasteiger partial charge in [-0.05, 0) is 87.4 Å². The summed E-state index contributed by atoms with van der Waals surface area (Å²) in [5.41, 5.74) is 0. The van der Waals surface area contributed by atoms with Crippen LogP contribution in [0.5, 0.6) is 0 Å². The summed E-state index contributed by atoms with van der Waals surface area (Å²) in [6.45, 7) is 4.86. The van der Waals surface area contributed by atoms with E-state index in [1.165, 1.54) is 57.8 Å². The lowest BCUT2D eigenvalue weighted by molar-refractivity contribution is -0.0879. The highest BCUT2D eigenvalue weighted by Crippen LogP contribution is 2.47. The van der Waals surface area contributed by atoms with Crippen molar-refractivity contribution >= 4 is 0 Å². The molecule has 0 saturated heterocycles. The Morgan fingerprint density at radius 1 is 0.679 bits per heavy atom. The van der Waals surface area contributed by atoms with Crippen molar-refractivity contribution in [1.29, 1.82) is 0 Å². The number of unbranched alkanes of at least 4 members (excludes halogenated alkanes) is 1. The lowest BCUT2D eigenvalue weighted by atomic mass is 9.65. The molecule has 4 unspecified atom stereocenters. The number of rotatable bonds is 8. The Morgan fingerprint density at radius 3 is 1.89 bits per heavy atom. The molecule has 164 valence electrons. The fraction of sp³-hybridized carbons (Fsp3) is 1.00. The number of halogens is 2. The van der Waals surface area contributed by atoms with Gasteiger partial charge in [0.15, 0.2) is 6.17 Å². The molecule has 0 bridgehead atoms. The van der Waals surface area contributed by atoms with Gasteiger partial charge >= 0.3 is 0 Å². The van der Waals surface area contributed by atoms with Gasteiger partial charge in [-0.25, -0.2) is 8.78 Å². The monoisotopic (exact) mass is 398 g/mol. The molecule has 0 aliphatic heterocycles. The summed E-state index contributed by atoms with van der Waals surface area (Å²) in [5.74, 6) is 3.07. The zero-order valence-corrected chi connectivity index (χ0v) is 18.4. The average Bonchev–Trinajstić information content (AvgIpc) is 2.74. The predicted molar refractivity (Wildman–Crippen MR) is 113 cm³/mol. The summed E-state index contributed by atoms with van der Waals surface area (Å²) in [5, 5.41) is 0. The first kappa shape index (κ1) is 22.5. The molecule has 3 fully saturated rings. The number of alkyl halides is 2. The fourth-order valence-electron chi connectivity index (χ4n) is 6.54. The Balaban J connectivity index is 1.41. The first-order valence-corrected chi connectivity index (χ1v) is 12.5. The van der Waals surface area contributed by atoms with Crippen LogP contribution < -0.4 is 0 Å². The normalized spacial score (nSPS) is 42.4. The van der Waals surface area contributed by atoms with E-state index in [1.54, 1.807) is 0 Å². The van der Waals surface area contributed by atoms with Gasteiger partial charge in [-0.3, -0.25) is 0 Å². The smallest absolute Gasteiger partial charge is 0.157 e. The molecular formula is C25H44F2O. The topological polar surface area (TPSA) is 9.23 Å². The van der Waals surface area contributed by atoms with Crippen molar-refractivity contribution in [2.75, 3.05) is 6.61 Å². The van der Waals surface area contributed by atoms with Gasteiger partial charge in [0.2, 0.25) is 0 Å². The summed E-state index contributed by atoms with van der Waals surface area (Å²) in [7, 11) is 0. The van der Waals surface area contributed by atoms with Crippen LogP contribution in [0, 0.1) is 29.6 Å². The van der Waals surface area contributed by atoms with Gasteiger partial charge in [-0.1, -0.05) is 46.0 Å². The molecular weight excluding hydrogens is 354 g/mol. The molecule has 0 aromatic heterocycles. The van der Waals surface area contributed by atoms with Gasteiger partial charge < -0.3 is 4.74 Å². The largest absolute Gasteiger partial charge is 0.375 e. The van der Waals surface area contributed by atoms with Crippen LogP contribution in [0.15, 0.2) is 0 Å². The molecule has 28 heavy (non-hydrogen) atoms. The maximum absolute atomic E-state index is 14.8. The van der Waals surface area contributed by atoms with Crippen LogP contribution in [0.1, 0.15) is 104 Å². The summed E-state index contributed by atoms with van der Waals surface area (Å²) < 4.78 is 35.0. The van der Waals surface area contributed by atoms with Crippen LogP contribution >= 0.6 is 0 Å². The molecule has 0 radical (unpaired) electrons. The first-order valence-electron chi connectivity index (χ1n) is 12.5. The maximum atomic E-state index is 14.8. The molecule has 1 nitrogen and oxygen atoms in total. The van der Waals surface area contributed by atoms with Crippen molar-refractivity contribution in [3.63, 3.8) is 0 Å². The van der Waals surface area contributed by atoms with Crippen molar-refractivity contribution in [2.45, 2.75) is 122 Å². The second kappa shape index (κ2) is 11.3. The van der Waals surface area contributed by atoms with Crippen LogP contribution in [0.3, 0.4) is 0 Å². The molecule has 0 spiro atoms. The quantitative estimate of drug-likeness (QED) is 0.407. The maximum Gasteiger partial charge on any atom is 0.157 e. The lowest BCUT2D eigenvalue weighted by Crippen LogP contribution is -2.46. The van der Waals surface area contributed by atoms with Crippen molar-refractivity contribution < 1.29 is 13.5 Å². The Bertz CT molecular complexity index is 426. The third kappa shape index (κ3) is 5.70. The molecule has 3 heteroatoms. The fourth-order valence-corrected chi connectivity index (χ4v) is 6.54. The zero-order chi connectivity index (χ0) is 19.9. The van der Waals surface area contributed by atoms with Gasteiger partial charge in [0.05, 0.1) is 6.10 Å². The molecule has 0 N–H and O–H groups in total. The van der Waals surface area contributed by atoms with E-state index in [9.17, 15) is 8.78 Å². The van der Waals surface area contributed by atoms with Crippen LogP contribution in [-0.4, -0.2) is 25.1 Å². The Labute approximate surface area is 172 Å². The minimum absolute atomic E-state index is 0.0674. The van der Waals surface area contributed by atoms with Gasteiger partial charge in [-0.2, -0.15) is 0 Å². The zero-order valence-electron chi connectivity index (χ0n) is 18.4. The van der Waals surface area contributed by atoms with E-state index in [2.05, 4.69) is 6.92 Å². The van der Waals surface area contributed by atoms with Gasteiger partial charge in [0.1, 0.15) is 6.17 Å². The molecule has 0 aromatic rings. The molecule has 3 aliphatic rings. The minimum atomic E-state index is -1.42. The average molecular weight is 399 g/mol. The summed E-state index contributed by atoms with van der Waals surface area (Å²) in [4.78, 5) is 0. The Kier molecular flexibility index (Phi) is 9.06. The number of hydrogen-bond acceptors (Lipinski definition) is 1. The highest BCUT2D eigenvalue weighted by atomic mass is 19.2. The van der Waals surface area contributed by atoms with Crippen LogP contribution in [0.2, 0.25) is 0 Å². The highest BCUT2D eigenvalue weighted by Gasteiger charge is 2.45. The van der Waals surface area contributed by atoms with Gasteiger partial charge in [-0.15, -0.1) is 0 Å². The molecule has 3 rings (SSSR count). The molecule has 0 aromatic carbocycles. The second-order valence-electron chi connectivity index (χ2n) is 10.1. The van der Waals surface area contributed by atoms with Crippen molar-refractivity contribution in [3.8, 4) is 0 Å². The SMILES string of the molecule is CCCCC1CCC(C2CCC(C3CCC(OCCC)C(F)C3F)CC2)CC1. The first-order chi connectivity index (χ1) is 13.6. The predicted octanol–water partition coefficient (Wildman–Crippen LogP) is 7.67. The number of hydrogen-bond donors (Lipinski definition) is 0. The third-order valence-corrected chi connectivity index (χ3v) is 8.33. The Morgan fingerprint density at radius 2 is 1.29 bits per heavy atom. The van der Waals surface area contributed by atoms with E-state index in [0.29, 0.717) is 18.9 Å². The van der Waals surface area contributed by atoms with Crippen molar-refractivity contribution in [3.05, 3.63) is 0 Å². The minimum Gasteiger partial charge on any atom is -0.375 e.